The summed E-state index contributed by atoms with van der Waals surface area (Å²) in [4.78, 5) is 21.5. The van der Waals surface area contributed by atoms with Crippen molar-refractivity contribution in [3.8, 4) is 0 Å². The Bertz CT molecular complexity index is 235. The van der Waals surface area contributed by atoms with E-state index in [-0.39, 0.29) is 11.7 Å². The van der Waals surface area contributed by atoms with Gasteiger partial charge in [0.1, 0.15) is 0 Å². The number of thioether (sulfide) groups is 2. The molecule has 2 N–H and O–H groups in total. The van der Waals surface area contributed by atoms with Crippen LogP contribution in [0.5, 0.6) is 0 Å². The molecule has 6 heteroatoms. The van der Waals surface area contributed by atoms with E-state index < -0.39 is 5.97 Å². The minimum atomic E-state index is -0.814. The number of carboxylic acids is 1. The van der Waals surface area contributed by atoms with Crippen molar-refractivity contribution in [2.45, 2.75) is 20.3 Å². The van der Waals surface area contributed by atoms with Crippen LogP contribution in [0.15, 0.2) is 0 Å². The van der Waals surface area contributed by atoms with Crippen molar-refractivity contribution in [1.82, 2.24) is 5.32 Å². The fourth-order valence-electron chi connectivity index (χ4n) is 0.957. The minimum absolute atomic E-state index is 0.0367. The summed E-state index contributed by atoms with van der Waals surface area (Å²) in [5.74, 6) is 2.15. The zero-order valence-corrected chi connectivity index (χ0v) is 12.0. The van der Waals surface area contributed by atoms with E-state index in [0.29, 0.717) is 24.0 Å². The van der Waals surface area contributed by atoms with Crippen LogP contribution in [-0.4, -0.2) is 46.5 Å². The van der Waals surface area contributed by atoms with Crippen LogP contribution in [0, 0.1) is 5.92 Å². The number of rotatable bonds is 10. The van der Waals surface area contributed by atoms with E-state index in [9.17, 15) is 9.59 Å². The third-order valence-corrected chi connectivity index (χ3v) is 3.80. The molecule has 0 aliphatic rings. The van der Waals surface area contributed by atoms with Gasteiger partial charge >= 0.3 is 5.97 Å². The lowest BCUT2D eigenvalue weighted by Crippen LogP contribution is -2.27. The standard InChI is InChI=1S/C11H21NO3S2/c1-9(2)3-5-16-7-10(13)12-4-6-17-8-11(14)15/h9H,3-8H2,1-2H3,(H,12,13)(H,14,15). The average Bonchev–Trinajstić information content (AvgIpc) is 2.23. The highest BCUT2D eigenvalue weighted by Gasteiger charge is 2.02. The largest absolute Gasteiger partial charge is 0.481 e. The first-order valence-corrected chi connectivity index (χ1v) is 7.97. The summed E-state index contributed by atoms with van der Waals surface area (Å²) >= 11 is 2.96. The summed E-state index contributed by atoms with van der Waals surface area (Å²) in [5.41, 5.74) is 0. The smallest absolute Gasteiger partial charge is 0.313 e. The van der Waals surface area contributed by atoms with Gasteiger partial charge in [-0.2, -0.15) is 11.8 Å². The van der Waals surface area contributed by atoms with Crippen molar-refractivity contribution >= 4 is 35.4 Å². The summed E-state index contributed by atoms with van der Waals surface area (Å²) in [6.07, 6.45) is 1.13. The molecule has 0 aliphatic heterocycles. The van der Waals surface area contributed by atoms with Gasteiger partial charge in [-0.25, -0.2) is 0 Å². The van der Waals surface area contributed by atoms with Gasteiger partial charge in [-0.15, -0.1) is 11.8 Å². The van der Waals surface area contributed by atoms with Gasteiger partial charge in [-0.3, -0.25) is 9.59 Å². The number of hydrogen-bond acceptors (Lipinski definition) is 4. The SMILES string of the molecule is CC(C)CCSCC(=O)NCCSCC(=O)O. The average molecular weight is 279 g/mol. The highest BCUT2D eigenvalue weighted by Crippen LogP contribution is 2.08. The molecule has 0 aromatic rings. The zero-order chi connectivity index (χ0) is 13.1. The molecule has 0 spiro atoms. The maximum absolute atomic E-state index is 11.3. The lowest BCUT2D eigenvalue weighted by molar-refractivity contribution is -0.133. The van der Waals surface area contributed by atoms with Crippen LogP contribution in [0.4, 0.5) is 0 Å². The molecule has 0 bridgehead atoms. The number of carbonyl (C=O) groups is 2. The fourth-order valence-corrected chi connectivity index (χ4v) is 2.59. The summed E-state index contributed by atoms with van der Waals surface area (Å²) in [6.45, 7) is 4.88. The second-order valence-corrected chi connectivity index (χ2v) is 6.24. The Balaban J connectivity index is 3.26. The van der Waals surface area contributed by atoms with Crippen molar-refractivity contribution in [2.24, 2.45) is 5.92 Å². The molecule has 0 radical (unpaired) electrons. The van der Waals surface area contributed by atoms with Gasteiger partial charge < -0.3 is 10.4 Å². The zero-order valence-electron chi connectivity index (χ0n) is 10.4. The predicted molar refractivity (Wildman–Crippen MR) is 74.8 cm³/mol. The predicted octanol–water partition coefficient (Wildman–Crippen LogP) is 1.70. The molecule has 0 atom stereocenters. The van der Waals surface area contributed by atoms with E-state index in [1.165, 1.54) is 11.8 Å². The lowest BCUT2D eigenvalue weighted by Gasteiger charge is -2.05. The minimum Gasteiger partial charge on any atom is -0.481 e. The Morgan fingerprint density at radius 3 is 2.41 bits per heavy atom. The molecule has 0 saturated carbocycles. The Hall–Kier alpha value is -0.360. The topological polar surface area (TPSA) is 66.4 Å². The molecule has 0 aromatic carbocycles. The number of carbonyl (C=O) groups excluding carboxylic acids is 1. The normalized spacial score (nSPS) is 10.5. The molecular weight excluding hydrogens is 258 g/mol. The first kappa shape index (κ1) is 16.6. The van der Waals surface area contributed by atoms with Crippen LogP contribution in [0.2, 0.25) is 0 Å². The summed E-state index contributed by atoms with van der Waals surface area (Å²) < 4.78 is 0. The Morgan fingerprint density at radius 1 is 1.18 bits per heavy atom. The third kappa shape index (κ3) is 13.6. The van der Waals surface area contributed by atoms with Crippen molar-refractivity contribution in [3.63, 3.8) is 0 Å². The van der Waals surface area contributed by atoms with Crippen LogP contribution < -0.4 is 5.32 Å². The van der Waals surface area contributed by atoms with E-state index in [1.54, 1.807) is 11.8 Å². The molecule has 1 amide bonds. The number of hydrogen-bond donors (Lipinski definition) is 2. The first-order valence-electron chi connectivity index (χ1n) is 5.66. The second kappa shape index (κ2) is 10.8. The van der Waals surface area contributed by atoms with Crippen molar-refractivity contribution in [3.05, 3.63) is 0 Å². The lowest BCUT2D eigenvalue weighted by atomic mass is 10.2. The molecule has 17 heavy (non-hydrogen) atoms. The van der Waals surface area contributed by atoms with Crippen molar-refractivity contribution in [1.29, 1.82) is 0 Å². The number of aliphatic carboxylic acids is 1. The highest BCUT2D eigenvalue weighted by atomic mass is 32.2. The van der Waals surface area contributed by atoms with E-state index in [2.05, 4.69) is 19.2 Å². The van der Waals surface area contributed by atoms with Crippen LogP contribution >= 0.6 is 23.5 Å². The maximum Gasteiger partial charge on any atom is 0.313 e. The molecular formula is C11H21NO3S2. The molecule has 0 aromatic heterocycles. The number of nitrogens with one attached hydrogen (secondary N) is 1. The molecule has 0 fully saturated rings. The van der Waals surface area contributed by atoms with Crippen LogP contribution in [0.1, 0.15) is 20.3 Å². The molecule has 4 nitrogen and oxygen atoms in total. The van der Waals surface area contributed by atoms with Crippen LogP contribution in [0.25, 0.3) is 0 Å². The van der Waals surface area contributed by atoms with E-state index >= 15 is 0 Å². The van der Waals surface area contributed by atoms with Gasteiger partial charge in [0, 0.05) is 12.3 Å². The van der Waals surface area contributed by atoms with Gasteiger partial charge in [0.05, 0.1) is 11.5 Å². The van der Waals surface area contributed by atoms with Crippen LogP contribution in [0.3, 0.4) is 0 Å². The fraction of sp³-hybridized carbons (Fsp3) is 0.818. The van der Waals surface area contributed by atoms with Gasteiger partial charge in [-0.1, -0.05) is 13.8 Å². The summed E-state index contributed by atoms with van der Waals surface area (Å²) in [5, 5.41) is 11.2. The first-order chi connectivity index (χ1) is 8.02. The van der Waals surface area contributed by atoms with Crippen molar-refractivity contribution in [2.75, 3.05) is 29.6 Å². The quantitative estimate of drug-likeness (QED) is 0.596. The van der Waals surface area contributed by atoms with Gasteiger partial charge in [0.15, 0.2) is 0 Å². The molecule has 100 valence electrons. The Kier molecular flexibility index (Phi) is 10.5. The van der Waals surface area contributed by atoms with Gasteiger partial charge in [0.2, 0.25) is 5.91 Å². The molecule has 0 saturated heterocycles. The molecule has 0 unspecified atom stereocenters. The van der Waals surface area contributed by atoms with E-state index in [4.69, 9.17) is 5.11 Å². The maximum atomic E-state index is 11.3. The summed E-state index contributed by atoms with van der Waals surface area (Å²) in [6, 6.07) is 0. The molecule has 0 rings (SSSR count). The Morgan fingerprint density at radius 2 is 1.82 bits per heavy atom. The van der Waals surface area contributed by atoms with Gasteiger partial charge in [-0.05, 0) is 18.1 Å². The van der Waals surface area contributed by atoms with Crippen LogP contribution in [-0.2, 0) is 9.59 Å². The highest BCUT2D eigenvalue weighted by molar-refractivity contribution is 8.00. The Labute approximate surface area is 111 Å². The molecule has 0 aliphatic carbocycles. The third-order valence-electron chi connectivity index (χ3n) is 1.87. The monoisotopic (exact) mass is 279 g/mol. The number of amides is 1. The van der Waals surface area contributed by atoms with Gasteiger partial charge in [0.25, 0.3) is 0 Å². The second-order valence-electron chi connectivity index (χ2n) is 4.03. The van der Waals surface area contributed by atoms with E-state index in [0.717, 1.165) is 12.2 Å². The summed E-state index contributed by atoms with van der Waals surface area (Å²) in [7, 11) is 0. The van der Waals surface area contributed by atoms with Crippen molar-refractivity contribution < 1.29 is 14.7 Å². The number of carboxylic acid groups (broad SMARTS) is 1. The van der Waals surface area contributed by atoms with E-state index in [1.807, 2.05) is 0 Å². The molecule has 0 heterocycles.